The molecule has 0 heterocycles. The summed E-state index contributed by atoms with van der Waals surface area (Å²) >= 11 is 0. The van der Waals surface area contributed by atoms with Gasteiger partial charge in [-0.15, -0.1) is 0 Å². The van der Waals surface area contributed by atoms with Crippen molar-refractivity contribution in [1.29, 1.82) is 0 Å². The lowest BCUT2D eigenvalue weighted by Crippen LogP contribution is -2.31. The SMILES string of the molecule is O=[N+]([O-])c1ccc(N/N=C2/CCC[C@@H]3CCCC[C@H]23)c([N+](=O)[O-])c1. The van der Waals surface area contributed by atoms with Gasteiger partial charge in [-0.2, -0.15) is 5.10 Å². The highest BCUT2D eigenvalue weighted by molar-refractivity contribution is 5.88. The maximum Gasteiger partial charge on any atom is 0.301 e. The van der Waals surface area contributed by atoms with Crippen molar-refractivity contribution < 1.29 is 9.85 Å². The summed E-state index contributed by atoms with van der Waals surface area (Å²) in [6.45, 7) is 0. The zero-order valence-corrected chi connectivity index (χ0v) is 13.3. The maximum atomic E-state index is 11.2. The molecule has 0 saturated heterocycles. The van der Waals surface area contributed by atoms with E-state index >= 15 is 0 Å². The van der Waals surface area contributed by atoms with Gasteiger partial charge in [0, 0.05) is 17.7 Å². The second kappa shape index (κ2) is 6.94. The van der Waals surface area contributed by atoms with E-state index in [0.29, 0.717) is 11.8 Å². The number of benzene rings is 1. The fourth-order valence-corrected chi connectivity index (χ4v) is 3.87. The first-order valence-electron chi connectivity index (χ1n) is 8.31. The van der Waals surface area contributed by atoms with Crippen molar-refractivity contribution in [2.75, 3.05) is 5.43 Å². The summed E-state index contributed by atoms with van der Waals surface area (Å²) in [6.07, 6.45) is 8.10. The first kappa shape index (κ1) is 16.4. The average Bonchev–Trinajstić information content (AvgIpc) is 2.59. The van der Waals surface area contributed by atoms with Crippen LogP contribution in [0.15, 0.2) is 23.3 Å². The van der Waals surface area contributed by atoms with E-state index in [4.69, 9.17) is 0 Å². The van der Waals surface area contributed by atoms with Crippen LogP contribution in [0.2, 0.25) is 0 Å². The van der Waals surface area contributed by atoms with Crippen LogP contribution in [0.4, 0.5) is 17.1 Å². The van der Waals surface area contributed by atoms with Crippen molar-refractivity contribution in [3.8, 4) is 0 Å². The lowest BCUT2D eigenvalue weighted by atomic mass is 9.70. The fraction of sp³-hybridized carbons (Fsp3) is 0.562. The second-order valence-corrected chi connectivity index (χ2v) is 6.47. The average molecular weight is 332 g/mol. The number of nitro benzene ring substituents is 2. The maximum absolute atomic E-state index is 11.2. The van der Waals surface area contributed by atoms with Gasteiger partial charge in [-0.1, -0.05) is 12.8 Å². The van der Waals surface area contributed by atoms with Gasteiger partial charge in [0.15, 0.2) is 0 Å². The van der Waals surface area contributed by atoms with E-state index in [1.807, 2.05) is 0 Å². The number of hydrogen-bond acceptors (Lipinski definition) is 6. The number of nitro groups is 2. The molecule has 0 aliphatic heterocycles. The highest BCUT2D eigenvalue weighted by Crippen LogP contribution is 2.39. The molecule has 128 valence electrons. The molecule has 0 bridgehead atoms. The number of hydrazone groups is 1. The van der Waals surface area contributed by atoms with E-state index in [1.165, 1.54) is 37.8 Å². The number of rotatable bonds is 4. The quantitative estimate of drug-likeness (QED) is 0.654. The monoisotopic (exact) mass is 332 g/mol. The Hall–Kier alpha value is -2.51. The Kier molecular flexibility index (Phi) is 4.73. The first-order valence-corrected chi connectivity index (χ1v) is 8.31. The third-order valence-electron chi connectivity index (χ3n) is 5.05. The zero-order valence-electron chi connectivity index (χ0n) is 13.3. The van der Waals surface area contributed by atoms with Gasteiger partial charge in [0.25, 0.3) is 5.69 Å². The van der Waals surface area contributed by atoms with Crippen LogP contribution < -0.4 is 5.43 Å². The molecule has 24 heavy (non-hydrogen) atoms. The molecule has 0 aromatic heterocycles. The smallest absolute Gasteiger partial charge is 0.272 e. The minimum absolute atomic E-state index is 0.191. The first-order chi connectivity index (χ1) is 11.6. The van der Waals surface area contributed by atoms with Gasteiger partial charge >= 0.3 is 5.69 Å². The summed E-state index contributed by atoms with van der Waals surface area (Å²) in [5, 5.41) is 26.4. The van der Waals surface area contributed by atoms with Gasteiger partial charge in [0.2, 0.25) is 0 Å². The number of nitrogens with one attached hydrogen (secondary N) is 1. The summed E-state index contributed by atoms with van der Waals surface area (Å²) in [5.41, 5.74) is 3.43. The van der Waals surface area contributed by atoms with Crippen LogP contribution in [0, 0.1) is 32.1 Å². The topological polar surface area (TPSA) is 111 Å². The number of non-ortho nitro benzene ring substituents is 1. The highest BCUT2D eigenvalue weighted by Gasteiger charge is 2.32. The van der Waals surface area contributed by atoms with Crippen molar-refractivity contribution in [2.24, 2.45) is 16.9 Å². The molecule has 2 aliphatic carbocycles. The zero-order chi connectivity index (χ0) is 17.1. The molecule has 2 saturated carbocycles. The molecule has 8 nitrogen and oxygen atoms in total. The summed E-state index contributed by atoms with van der Waals surface area (Å²) in [6, 6.07) is 3.56. The van der Waals surface area contributed by atoms with Crippen LogP contribution in [0.5, 0.6) is 0 Å². The van der Waals surface area contributed by atoms with Gasteiger partial charge in [-0.05, 0) is 44.1 Å². The summed E-state index contributed by atoms with van der Waals surface area (Å²) < 4.78 is 0. The van der Waals surface area contributed by atoms with E-state index < -0.39 is 9.85 Å². The molecule has 2 fully saturated rings. The van der Waals surface area contributed by atoms with Gasteiger partial charge in [-0.3, -0.25) is 25.7 Å². The Bertz CT molecular complexity index is 687. The summed E-state index contributed by atoms with van der Waals surface area (Å²) in [5.74, 6) is 1.15. The van der Waals surface area contributed by atoms with E-state index in [-0.39, 0.29) is 17.1 Å². The van der Waals surface area contributed by atoms with Crippen molar-refractivity contribution in [3.05, 3.63) is 38.4 Å². The molecule has 0 amide bonds. The lowest BCUT2D eigenvalue weighted by Gasteiger charge is -2.36. The molecule has 0 spiro atoms. The number of hydrogen-bond donors (Lipinski definition) is 1. The third-order valence-corrected chi connectivity index (χ3v) is 5.05. The van der Waals surface area contributed by atoms with Gasteiger partial charge in [0.1, 0.15) is 5.69 Å². The largest absolute Gasteiger partial charge is 0.301 e. The van der Waals surface area contributed by atoms with Crippen LogP contribution in [0.1, 0.15) is 44.9 Å². The molecular weight excluding hydrogens is 312 g/mol. The Balaban J connectivity index is 1.82. The molecule has 3 rings (SSSR count). The number of nitrogens with zero attached hydrogens (tertiary/aromatic N) is 3. The van der Waals surface area contributed by atoms with Gasteiger partial charge in [-0.25, -0.2) is 0 Å². The van der Waals surface area contributed by atoms with Gasteiger partial charge < -0.3 is 0 Å². The molecule has 1 N–H and O–H groups in total. The van der Waals surface area contributed by atoms with Crippen molar-refractivity contribution >= 4 is 22.8 Å². The van der Waals surface area contributed by atoms with Crippen LogP contribution in [0.3, 0.4) is 0 Å². The molecule has 1 aromatic carbocycles. The standard InChI is InChI=1S/C16H20N4O4/c21-19(22)12-8-9-15(16(10-12)20(23)24)18-17-14-7-3-5-11-4-1-2-6-13(11)14/h8-11,13,18H,1-7H2/b17-14-/t11-,13-/m0/s1. The molecule has 2 atom stereocenters. The normalized spacial score (nSPS) is 25.1. The van der Waals surface area contributed by atoms with Crippen LogP contribution >= 0.6 is 0 Å². The molecule has 0 radical (unpaired) electrons. The minimum Gasteiger partial charge on any atom is -0.272 e. The Morgan fingerprint density at radius 3 is 2.54 bits per heavy atom. The predicted octanol–water partition coefficient (Wildman–Crippen LogP) is 4.26. The minimum atomic E-state index is -0.642. The van der Waals surface area contributed by atoms with E-state index in [2.05, 4.69) is 10.5 Å². The summed E-state index contributed by atoms with van der Waals surface area (Å²) in [7, 11) is 0. The number of anilines is 1. The third kappa shape index (κ3) is 3.37. The molecule has 8 heteroatoms. The van der Waals surface area contributed by atoms with Crippen molar-refractivity contribution in [2.45, 2.75) is 44.9 Å². The summed E-state index contributed by atoms with van der Waals surface area (Å²) in [4.78, 5) is 20.7. The Labute approximate surface area is 139 Å². The van der Waals surface area contributed by atoms with Crippen LogP contribution in [0.25, 0.3) is 0 Å². The van der Waals surface area contributed by atoms with Crippen molar-refractivity contribution in [3.63, 3.8) is 0 Å². The van der Waals surface area contributed by atoms with Crippen LogP contribution in [-0.2, 0) is 0 Å². The molecule has 0 unspecified atom stereocenters. The highest BCUT2D eigenvalue weighted by atomic mass is 16.6. The van der Waals surface area contributed by atoms with E-state index in [0.717, 1.165) is 31.0 Å². The van der Waals surface area contributed by atoms with E-state index in [9.17, 15) is 20.2 Å². The van der Waals surface area contributed by atoms with Gasteiger partial charge in [0.05, 0.1) is 15.9 Å². The van der Waals surface area contributed by atoms with E-state index in [1.54, 1.807) is 0 Å². The molecule has 2 aliphatic rings. The van der Waals surface area contributed by atoms with Crippen LogP contribution in [-0.4, -0.2) is 15.6 Å². The predicted molar refractivity (Wildman–Crippen MR) is 90.1 cm³/mol. The lowest BCUT2D eigenvalue weighted by molar-refractivity contribution is -0.393. The van der Waals surface area contributed by atoms with Crippen molar-refractivity contribution in [1.82, 2.24) is 0 Å². The molecule has 1 aromatic rings. The Morgan fingerprint density at radius 2 is 1.79 bits per heavy atom. The number of fused-ring (bicyclic) bond motifs is 1. The fourth-order valence-electron chi connectivity index (χ4n) is 3.87. The Morgan fingerprint density at radius 1 is 1.04 bits per heavy atom. The molecular formula is C16H20N4O4. The second-order valence-electron chi connectivity index (χ2n) is 6.47.